The van der Waals surface area contributed by atoms with Crippen molar-refractivity contribution in [1.29, 1.82) is 0 Å². The van der Waals surface area contributed by atoms with Crippen molar-refractivity contribution >= 4 is 51.1 Å². The molecule has 3 heterocycles. The van der Waals surface area contributed by atoms with Crippen LogP contribution < -0.4 is 10.9 Å². The number of carbonyl (C=O) groups excluding carboxylic acids is 3. The van der Waals surface area contributed by atoms with Gasteiger partial charge >= 0.3 is 0 Å². The molecule has 0 bridgehead atoms. The maximum Gasteiger partial charge on any atom is 0.286 e. The van der Waals surface area contributed by atoms with Crippen LogP contribution in [0.25, 0.3) is 33.1 Å². The molecular formula is C35H28ClN5O3. The molecule has 3 amide bonds. The van der Waals surface area contributed by atoms with Gasteiger partial charge in [0.1, 0.15) is 12.2 Å². The van der Waals surface area contributed by atoms with E-state index in [1.54, 1.807) is 40.8 Å². The van der Waals surface area contributed by atoms with Crippen molar-refractivity contribution in [3.8, 4) is 11.3 Å². The lowest BCUT2D eigenvalue weighted by Crippen LogP contribution is -2.47. The van der Waals surface area contributed by atoms with E-state index < -0.39 is 17.9 Å². The predicted octanol–water partition coefficient (Wildman–Crippen LogP) is 6.00. The third-order valence-electron chi connectivity index (χ3n) is 8.39. The zero-order valence-corrected chi connectivity index (χ0v) is 24.8. The summed E-state index contributed by atoms with van der Waals surface area (Å²) in [6.07, 6.45) is 0. The molecule has 0 saturated carbocycles. The van der Waals surface area contributed by atoms with Crippen LogP contribution in [-0.4, -0.2) is 38.3 Å². The highest BCUT2D eigenvalue weighted by molar-refractivity contribution is 6.31. The number of amides is 3. The Hall–Kier alpha value is -5.34. The predicted molar refractivity (Wildman–Crippen MR) is 171 cm³/mol. The largest absolute Gasteiger partial charge is 0.343 e. The SMILES string of the molecule is Cn1c(C(=O)NNC(=O)CN2C(=O)c3ccccc3C2c2c(-c3ccccc3)n(C)c3ccccc23)cc2cc(Cl)ccc21. The number of fused-ring (bicyclic) bond motifs is 3. The smallest absolute Gasteiger partial charge is 0.286 e. The van der Waals surface area contributed by atoms with Gasteiger partial charge in [-0.2, -0.15) is 0 Å². The number of benzene rings is 4. The Morgan fingerprint density at radius 3 is 2.34 bits per heavy atom. The van der Waals surface area contributed by atoms with Gasteiger partial charge in [-0.3, -0.25) is 25.2 Å². The Balaban J connectivity index is 1.23. The molecule has 7 rings (SSSR count). The second-order valence-corrected chi connectivity index (χ2v) is 11.4. The number of hydrazine groups is 1. The summed E-state index contributed by atoms with van der Waals surface area (Å²) in [6, 6.07) is 32.2. The van der Waals surface area contributed by atoms with E-state index in [1.165, 1.54) is 0 Å². The summed E-state index contributed by atoms with van der Waals surface area (Å²) in [7, 11) is 3.79. The zero-order valence-electron chi connectivity index (χ0n) is 24.0. The molecule has 2 N–H and O–H groups in total. The summed E-state index contributed by atoms with van der Waals surface area (Å²) >= 11 is 6.12. The first-order chi connectivity index (χ1) is 21.3. The highest BCUT2D eigenvalue weighted by Crippen LogP contribution is 2.46. The molecule has 4 aromatic carbocycles. The Morgan fingerprint density at radius 1 is 0.795 bits per heavy atom. The first-order valence-corrected chi connectivity index (χ1v) is 14.6. The third-order valence-corrected chi connectivity index (χ3v) is 8.63. The summed E-state index contributed by atoms with van der Waals surface area (Å²) in [5.41, 5.74) is 11.5. The van der Waals surface area contributed by atoms with Gasteiger partial charge in [0.2, 0.25) is 0 Å². The summed E-state index contributed by atoms with van der Waals surface area (Å²) in [5, 5.41) is 2.37. The molecule has 1 unspecified atom stereocenters. The second kappa shape index (κ2) is 10.7. The molecule has 0 spiro atoms. The van der Waals surface area contributed by atoms with Crippen molar-refractivity contribution in [2.24, 2.45) is 14.1 Å². The van der Waals surface area contributed by atoms with Gasteiger partial charge in [-0.15, -0.1) is 0 Å². The van der Waals surface area contributed by atoms with E-state index in [1.807, 2.05) is 73.8 Å². The van der Waals surface area contributed by atoms with Crippen molar-refractivity contribution in [1.82, 2.24) is 24.9 Å². The summed E-state index contributed by atoms with van der Waals surface area (Å²) < 4.78 is 3.87. The van der Waals surface area contributed by atoms with Gasteiger partial charge in [-0.05, 0) is 47.5 Å². The minimum Gasteiger partial charge on any atom is -0.343 e. The number of carbonyl (C=O) groups is 3. The zero-order chi connectivity index (χ0) is 30.5. The lowest BCUT2D eigenvalue weighted by molar-refractivity contribution is -0.122. The molecule has 44 heavy (non-hydrogen) atoms. The molecule has 1 aliphatic rings. The van der Waals surface area contributed by atoms with Crippen LogP contribution in [0.5, 0.6) is 0 Å². The highest BCUT2D eigenvalue weighted by atomic mass is 35.5. The summed E-state index contributed by atoms with van der Waals surface area (Å²) in [5.74, 6) is -1.25. The van der Waals surface area contributed by atoms with Crippen molar-refractivity contribution in [3.63, 3.8) is 0 Å². The van der Waals surface area contributed by atoms with Crippen LogP contribution in [-0.2, 0) is 18.9 Å². The molecule has 6 aromatic rings. The molecule has 0 aliphatic carbocycles. The van der Waals surface area contributed by atoms with Crippen molar-refractivity contribution in [2.45, 2.75) is 6.04 Å². The Labute approximate surface area is 258 Å². The van der Waals surface area contributed by atoms with Crippen LogP contribution in [0.4, 0.5) is 0 Å². The van der Waals surface area contributed by atoms with Gasteiger partial charge < -0.3 is 14.0 Å². The van der Waals surface area contributed by atoms with Crippen molar-refractivity contribution < 1.29 is 14.4 Å². The van der Waals surface area contributed by atoms with Crippen LogP contribution in [0.2, 0.25) is 5.02 Å². The number of nitrogens with zero attached hydrogens (tertiary/aromatic N) is 3. The van der Waals surface area contributed by atoms with E-state index in [0.29, 0.717) is 16.3 Å². The molecule has 1 atom stereocenters. The van der Waals surface area contributed by atoms with Gasteiger partial charge in [0.15, 0.2) is 0 Å². The van der Waals surface area contributed by atoms with Gasteiger partial charge in [0, 0.05) is 52.1 Å². The Morgan fingerprint density at radius 2 is 1.52 bits per heavy atom. The van der Waals surface area contributed by atoms with E-state index in [4.69, 9.17) is 11.6 Å². The fraction of sp³-hybridized carbons (Fsp3) is 0.114. The van der Waals surface area contributed by atoms with E-state index in [2.05, 4.69) is 27.6 Å². The minimum atomic E-state index is -0.524. The average Bonchev–Trinajstić information content (AvgIpc) is 3.62. The quantitative estimate of drug-likeness (QED) is 0.238. The third kappa shape index (κ3) is 4.42. The summed E-state index contributed by atoms with van der Waals surface area (Å²) in [4.78, 5) is 41.9. The van der Waals surface area contributed by atoms with Crippen LogP contribution in [0, 0.1) is 0 Å². The van der Waals surface area contributed by atoms with Gasteiger partial charge in [0.25, 0.3) is 17.7 Å². The molecule has 8 nitrogen and oxygen atoms in total. The standard InChI is InChI=1S/C35H28ClN5O3/c1-39-27-17-16-23(36)18-22(27)19-29(39)34(43)38-37-30(42)20-41-33(24-12-6-7-13-25(24)35(41)44)31-26-14-8-9-15-28(26)40(2)32(31)21-10-4-3-5-11-21/h3-19,33H,20H2,1-2H3,(H,37,42)(H,38,43). The maximum atomic E-state index is 13.9. The van der Waals surface area contributed by atoms with Crippen molar-refractivity contribution in [3.05, 3.63) is 131 Å². The molecule has 218 valence electrons. The molecule has 0 saturated heterocycles. The molecule has 1 aliphatic heterocycles. The first-order valence-electron chi connectivity index (χ1n) is 14.2. The number of aryl methyl sites for hydroxylation is 2. The fourth-order valence-electron chi connectivity index (χ4n) is 6.41. The number of hydrogen-bond acceptors (Lipinski definition) is 3. The van der Waals surface area contributed by atoms with E-state index in [0.717, 1.165) is 44.2 Å². The Kier molecular flexibility index (Phi) is 6.71. The van der Waals surface area contributed by atoms with E-state index in [-0.39, 0.29) is 12.5 Å². The Bertz CT molecular complexity index is 2110. The number of para-hydroxylation sites is 1. The number of halogens is 1. The lowest BCUT2D eigenvalue weighted by Gasteiger charge is -2.26. The fourth-order valence-corrected chi connectivity index (χ4v) is 6.59. The maximum absolute atomic E-state index is 13.9. The van der Waals surface area contributed by atoms with Crippen LogP contribution in [0.15, 0.2) is 103 Å². The van der Waals surface area contributed by atoms with Crippen LogP contribution in [0.1, 0.15) is 38.0 Å². The average molecular weight is 602 g/mol. The normalized spacial score (nSPS) is 14.3. The molecule has 0 radical (unpaired) electrons. The second-order valence-electron chi connectivity index (χ2n) is 10.9. The molecule has 0 fully saturated rings. The highest BCUT2D eigenvalue weighted by Gasteiger charge is 2.41. The number of hydrogen-bond donors (Lipinski definition) is 2. The topological polar surface area (TPSA) is 88.4 Å². The molecular weight excluding hydrogens is 574 g/mol. The number of aromatic nitrogens is 2. The van der Waals surface area contributed by atoms with Crippen molar-refractivity contribution in [2.75, 3.05) is 6.54 Å². The van der Waals surface area contributed by atoms with Crippen LogP contribution in [0.3, 0.4) is 0 Å². The first kappa shape index (κ1) is 27.5. The summed E-state index contributed by atoms with van der Waals surface area (Å²) in [6.45, 7) is -0.263. The monoisotopic (exact) mass is 601 g/mol. The van der Waals surface area contributed by atoms with Crippen LogP contribution >= 0.6 is 11.6 Å². The van der Waals surface area contributed by atoms with Gasteiger partial charge in [0.05, 0.1) is 11.7 Å². The molecule has 2 aromatic heterocycles. The van der Waals surface area contributed by atoms with Gasteiger partial charge in [-0.25, -0.2) is 0 Å². The van der Waals surface area contributed by atoms with E-state index in [9.17, 15) is 14.4 Å². The minimum absolute atomic E-state index is 0.246. The lowest BCUT2D eigenvalue weighted by atomic mass is 9.93. The number of nitrogens with one attached hydrogen (secondary N) is 2. The number of rotatable bonds is 5. The van der Waals surface area contributed by atoms with E-state index >= 15 is 0 Å². The molecule has 9 heteroatoms. The van der Waals surface area contributed by atoms with Gasteiger partial charge in [-0.1, -0.05) is 78.3 Å².